The summed E-state index contributed by atoms with van der Waals surface area (Å²) in [5.74, 6) is 1.14. The van der Waals surface area contributed by atoms with Crippen molar-refractivity contribution in [3.63, 3.8) is 0 Å². The first-order chi connectivity index (χ1) is 11.3. The lowest BCUT2D eigenvalue weighted by molar-refractivity contribution is -0.169. The fraction of sp³-hybridized carbons (Fsp3) is 0.647. The van der Waals surface area contributed by atoms with Crippen LogP contribution in [0.5, 0.6) is 11.5 Å². The fourth-order valence-corrected chi connectivity index (χ4v) is 3.10. The van der Waals surface area contributed by atoms with E-state index in [0.717, 1.165) is 43.1 Å². The van der Waals surface area contributed by atoms with Crippen LogP contribution in [0.2, 0.25) is 0 Å². The van der Waals surface area contributed by atoms with Gasteiger partial charge in [0.25, 0.3) is 0 Å². The lowest BCUT2D eigenvalue weighted by atomic mass is 10.0. The molecule has 128 valence electrons. The van der Waals surface area contributed by atoms with Gasteiger partial charge in [-0.1, -0.05) is 0 Å². The largest absolute Gasteiger partial charge is 0.493 e. The molecule has 0 aliphatic carbocycles. The van der Waals surface area contributed by atoms with Gasteiger partial charge < -0.3 is 28.6 Å². The van der Waals surface area contributed by atoms with Crippen LogP contribution in [0.4, 0.5) is 5.69 Å². The molecule has 2 fully saturated rings. The number of ether oxygens (including phenoxy) is 5. The third kappa shape index (κ3) is 3.71. The lowest BCUT2D eigenvalue weighted by Gasteiger charge is -2.38. The molecule has 2 saturated heterocycles. The Hall–Kier alpha value is -1.50. The monoisotopic (exact) mass is 323 g/mol. The van der Waals surface area contributed by atoms with Crippen molar-refractivity contribution >= 4 is 5.69 Å². The second-order valence-electron chi connectivity index (χ2n) is 5.77. The molecule has 1 spiro atoms. The van der Waals surface area contributed by atoms with Crippen LogP contribution >= 0.6 is 0 Å². The highest BCUT2D eigenvalue weighted by atomic mass is 16.7. The first-order valence-electron chi connectivity index (χ1n) is 8.09. The smallest absolute Gasteiger partial charge is 0.171 e. The first-order valence-corrected chi connectivity index (χ1v) is 8.09. The molecule has 3 rings (SSSR count). The van der Waals surface area contributed by atoms with Crippen LogP contribution in [0, 0.1) is 0 Å². The van der Waals surface area contributed by atoms with E-state index in [2.05, 4.69) is 11.0 Å². The molecule has 0 bridgehead atoms. The maximum absolute atomic E-state index is 5.78. The third-order valence-electron chi connectivity index (χ3n) is 4.40. The SMILES string of the molecule is COCCOc1cc(N2CCC3(CC2)OCCO3)ccc1OC. The molecule has 2 heterocycles. The molecule has 0 amide bonds. The van der Waals surface area contributed by atoms with Crippen LogP contribution in [-0.2, 0) is 14.2 Å². The zero-order chi connectivity index (χ0) is 16.1. The molecule has 2 aliphatic heterocycles. The van der Waals surface area contributed by atoms with Crippen molar-refractivity contribution in [2.24, 2.45) is 0 Å². The number of nitrogens with zero attached hydrogens (tertiary/aromatic N) is 1. The topological polar surface area (TPSA) is 49.4 Å². The van der Waals surface area contributed by atoms with Crippen LogP contribution < -0.4 is 14.4 Å². The molecule has 23 heavy (non-hydrogen) atoms. The summed E-state index contributed by atoms with van der Waals surface area (Å²) in [7, 11) is 3.31. The average molecular weight is 323 g/mol. The summed E-state index contributed by atoms with van der Waals surface area (Å²) in [6, 6.07) is 6.05. The van der Waals surface area contributed by atoms with E-state index in [-0.39, 0.29) is 5.79 Å². The van der Waals surface area contributed by atoms with Gasteiger partial charge >= 0.3 is 0 Å². The van der Waals surface area contributed by atoms with Gasteiger partial charge in [0, 0.05) is 44.8 Å². The summed E-state index contributed by atoms with van der Waals surface area (Å²) in [4.78, 5) is 2.33. The minimum atomic E-state index is -0.346. The normalized spacial score (nSPS) is 20.0. The van der Waals surface area contributed by atoms with Gasteiger partial charge in [0.05, 0.1) is 26.9 Å². The quantitative estimate of drug-likeness (QED) is 0.747. The molecule has 0 saturated carbocycles. The standard InChI is InChI=1S/C17H25NO5/c1-19-9-10-21-16-13-14(3-4-15(16)20-2)18-7-5-17(6-8-18)22-11-12-23-17/h3-4,13H,5-12H2,1-2H3. The number of benzene rings is 1. The van der Waals surface area contributed by atoms with E-state index in [1.54, 1.807) is 14.2 Å². The number of hydrogen-bond donors (Lipinski definition) is 0. The van der Waals surface area contributed by atoms with Gasteiger partial charge in [-0.25, -0.2) is 0 Å². The molecule has 2 aliphatic rings. The van der Waals surface area contributed by atoms with Crippen molar-refractivity contribution in [3.05, 3.63) is 18.2 Å². The van der Waals surface area contributed by atoms with E-state index in [1.807, 2.05) is 12.1 Å². The van der Waals surface area contributed by atoms with Crippen molar-refractivity contribution in [3.8, 4) is 11.5 Å². The molecule has 0 aromatic heterocycles. The third-order valence-corrected chi connectivity index (χ3v) is 4.40. The molecule has 6 nitrogen and oxygen atoms in total. The van der Waals surface area contributed by atoms with E-state index in [1.165, 1.54) is 0 Å². The molecule has 0 unspecified atom stereocenters. The average Bonchev–Trinajstić information content (AvgIpc) is 3.04. The van der Waals surface area contributed by atoms with Gasteiger partial charge in [0.1, 0.15) is 6.61 Å². The predicted octanol–water partition coefficient (Wildman–Crippen LogP) is 2.06. The zero-order valence-corrected chi connectivity index (χ0v) is 13.9. The van der Waals surface area contributed by atoms with Gasteiger partial charge in [-0.05, 0) is 12.1 Å². The van der Waals surface area contributed by atoms with E-state index in [9.17, 15) is 0 Å². The molecule has 0 atom stereocenters. The first kappa shape index (κ1) is 16.4. The lowest BCUT2D eigenvalue weighted by Crippen LogP contribution is -2.45. The van der Waals surface area contributed by atoms with Crippen LogP contribution in [0.25, 0.3) is 0 Å². The summed E-state index contributed by atoms with van der Waals surface area (Å²) in [6.07, 6.45) is 1.78. The fourth-order valence-electron chi connectivity index (χ4n) is 3.10. The van der Waals surface area contributed by atoms with Crippen LogP contribution in [0.15, 0.2) is 18.2 Å². The molecular weight excluding hydrogens is 298 g/mol. The summed E-state index contributed by atoms with van der Waals surface area (Å²) < 4.78 is 27.7. The second-order valence-corrected chi connectivity index (χ2v) is 5.77. The Morgan fingerprint density at radius 3 is 2.43 bits per heavy atom. The van der Waals surface area contributed by atoms with E-state index in [0.29, 0.717) is 26.4 Å². The van der Waals surface area contributed by atoms with Crippen molar-refractivity contribution in [1.29, 1.82) is 0 Å². The Labute approximate surface area is 137 Å². The highest BCUT2D eigenvalue weighted by Gasteiger charge is 2.39. The van der Waals surface area contributed by atoms with Gasteiger partial charge in [-0.3, -0.25) is 0 Å². The Kier molecular flexibility index (Phi) is 5.25. The zero-order valence-electron chi connectivity index (χ0n) is 13.9. The highest BCUT2D eigenvalue weighted by Crippen LogP contribution is 2.36. The van der Waals surface area contributed by atoms with Crippen molar-refractivity contribution in [2.75, 3.05) is 58.6 Å². The van der Waals surface area contributed by atoms with Crippen molar-refractivity contribution in [2.45, 2.75) is 18.6 Å². The molecular formula is C17H25NO5. The minimum absolute atomic E-state index is 0.346. The van der Waals surface area contributed by atoms with E-state index in [4.69, 9.17) is 23.7 Å². The molecule has 0 radical (unpaired) electrons. The van der Waals surface area contributed by atoms with Gasteiger partial charge in [-0.15, -0.1) is 0 Å². The summed E-state index contributed by atoms with van der Waals surface area (Å²) in [5, 5.41) is 0. The van der Waals surface area contributed by atoms with Crippen molar-refractivity contribution < 1.29 is 23.7 Å². The van der Waals surface area contributed by atoms with Crippen LogP contribution in [0.1, 0.15) is 12.8 Å². The second kappa shape index (κ2) is 7.38. The number of piperidine rings is 1. The van der Waals surface area contributed by atoms with Gasteiger partial charge in [0.2, 0.25) is 0 Å². The maximum Gasteiger partial charge on any atom is 0.171 e. The molecule has 6 heteroatoms. The Balaban J connectivity index is 1.66. The number of hydrogen-bond acceptors (Lipinski definition) is 6. The number of rotatable bonds is 6. The summed E-state index contributed by atoms with van der Waals surface area (Å²) in [6.45, 7) is 4.28. The highest BCUT2D eigenvalue weighted by molar-refractivity contribution is 5.56. The Morgan fingerprint density at radius 2 is 1.78 bits per heavy atom. The van der Waals surface area contributed by atoms with Crippen LogP contribution in [0.3, 0.4) is 0 Å². The molecule has 1 aromatic rings. The summed E-state index contributed by atoms with van der Waals surface area (Å²) in [5.41, 5.74) is 1.13. The van der Waals surface area contributed by atoms with Crippen LogP contribution in [-0.4, -0.2) is 59.5 Å². The Bertz CT molecular complexity index is 506. The van der Waals surface area contributed by atoms with E-state index < -0.39 is 0 Å². The van der Waals surface area contributed by atoms with E-state index >= 15 is 0 Å². The molecule has 0 N–H and O–H groups in total. The Morgan fingerprint density at radius 1 is 1.04 bits per heavy atom. The maximum atomic E-state index is 5.78. The molecule has 1 aromatic carbocycles. The summed E-state index contributed by atoms with van der Waals surface area (Å²) >= 11 is 0. The van der Waals surface area contributed by atoms with Crippen molar-refractivity contribution in [1.82, 2.24) is 0 Å². The number of anilines is 1. The predicted molar refractivity (Wildman–Crippen MR) is 86.4 cm³/mol. The van der Waals surface area contributed by atoms with Gasteiger partial charge in [0.15, 0.2) is 17.3 Å². The number of methoxy groups -OCH3 is 2. The minimum Gasteiger partial charge on any atom is -0.493 e. The van der Waals surface area contributed by atoms with Gasteiger partial charge in [-0.2, -0.15) is 0 Å².